The maximum Gasteiger partial charge on any atom is 0.313 e. The summed E-state index contributed by atoms with van der Waals surface area (Å²) in [7, 11) is 0. The van der Waals surface area contributed by atoms with Gasteiger partial charge in [0.05, 0.1) is 17.4 Å². The molecule has 2 aliphatic carbocycles. The lowest BCUT2D eigenvalue weighted by Crippen LogP contribution is -2.49. The van der Waals surface area contributed by atoms with Gasteiger partial charge in [0.1, 0.15) is 6.61 Å². The van der Waals surface area contributed by atoms with Crippen LogP contribution in [0.5, 0.6) is 0 Å². The lowest BCUT2D eigenvalue weighted by atomic mass is 9.62. The Hall–Kier alpha value is -1.88. The molecule has 0 amide bonds. The fourth-order valence-corrected chi connectivity index (χ4v) is 6.07. The van der Waals surface area contributed by atoms with Crippen molar-refractivity contribution in [1.82, 2.24) is 0 Å². The zero-order valence-corrected chi connectivity index (χ0v) is 22.1. The number of nitrogens with two attached hydrogens (primary N) is 1. The van der Waals surface area contributed by atoms with Crippen molar-refractivity contribution in [1.29, 1.82) is 0 Å². The van der Waals surface area contributed by atoms with E-state index in [1.807, 2.05) is 51.1 Å². The Morgan fingerprint density at radius 1 is 1.06 bits per heavy atom. The first-order valence-electron chi connectivity index (χ1n) is 13.0. The molecule has 0 spiro atoms. The molecule has 34 heavy (non-hydrogen) atoms. The minimum atomic E-state index is -0.821. The SMILES string of the molecule is CC(N)C(C)(CC(C)(C)C1(C)CC1(C)C(=O)OCc1ccccc1)C(=O)OCC1CCCCC1. The summed E-state index contributed by atoms with van der Waals surface area (Å²) in [5, 5.41) is 0. The highest BCUT2D eigenvalue weighted by molar-refractivity contribution is 5.82. The molecule has 2 saturated carbocycles. The third-order valence-corrected chi connectivity index (χ3v) is 9.41. The average molecular weight is 472 g/mol. The standard InChI is InChI=1S/C29H45NO4/c1-21(30)27(4,24(31)33-17-22-13-9-7-10-14-22)19-26(2,3)29(6)20-28(29,5)25(32)34-18-23-15-11-8-12-16-23/h8,11-12,15-16,21-22H,7,9-10,13-14,17-20,30H2,1-6H3. The first-order chi connectivity index (χ1) is 15.9. The van der Waals surface area contributed by atoms with Crippen LogP contribution in [0.25, 0.3) is 0 Å². The average Bonchev–Trinajstić information content (AvgIpc) is 3.41. The van der Waals surface area contributed by atoms with Gasteiger partial charge in [0.15, 0.2) is 0 Å². The van der Waals surface area contributed by atoms with Gasteiger partial charge in [-0.2, -0.15) is 0 Å². The Balaban J connectivity index is 1.66. The molecule has 0 bridgehead atoms. The molecule has 2 fully saturated rings. The molecule has 1 aromatic rings. The quantitative estimate of drug-likeness (QED) is 0.421. The molecule has 4 unspecified atom stereocenters. The minimum Gasteiger partial charge on any atom is -0.465 e. The third-order valence-electron chi connectivity index (χ3n) is 9.41. The van der Waals surface area contributed by atoms with Gasteiger partial charge in [0, 0.05) is 6.04 Å². The summed E-state index contributed by atoms with van der Waals surface area (Å²) >= 11 is 0. The van der Waals surface area contributed by atoms with Crippen molar-refractivity contribution < 1.29 is 19.1 Å². The number of benzene rings is 1. The lowest BCUT2D eigenvalue weighted by molar-refractivity contribution is -0.161. The highest BCUT2D eigenvalue weighted by atomic mass is 16.5. The Bertz CT molecular complexity index is 860. The van der Waals surface area contributed by atoms with Crippen LogP contribution in [0, 0.1) is 27.6 Å². The molecule has 1 aromatic carbocycles. The largest absolute Gasteiger partial charge is 0.465 e. The number of esters is 2. The topological polar surface area (TPSA) is 78.6 Å². The highest BCUT2D eigenvalue weighted by Crippen LogP contribution is 2.73. The van der Waals surface area contributed by atoms with Crippen molar-refractivity contribution in [2.45, 2.75) is 99.1 Å². The number of ether oxygens (including phenoxy) is 2. The van der Waals surface area contributed by atoms with Gasteiger partial charge in [-0.05, 0) is 68.8 Å². The van der Waals surface area contributed by atoms with Crippen LogP contribution in [0.2, 0.25) is 0 Å². The van der Waals surface area contributed by atoms with Gasteiger partial charge in [-0.3, -0.25) is 9.59 Å². The first kappa shape index (κ1) is 26.7. The molecule has 5 nitrogen and oxygen atoms in total. The van der Waals surface area contributed by atoms with E-state index in [2.05, 4.69) is 20.8 Å². The van der Waals surface area contributed by atoms with Crippen LogP contribution in [-0.4, -0.2) is 24.6 Å². The highest BCUT2D eigenvalue weighted by Gasteiger charge is 2.73. The van der Waals surface area contributed by atoms with Crippen LogP contribution in [0.3, 0.4) is 0 Å². The van der Waals surface area contributed by atoms with Crippen molar-refractivity contribution in [2.75, 3.05) is 6.61 Å². The molecule has 3 rings (SSSR count). The van der Waals surface area contributed by atoms with Gasteiger partial charge in [0.25, 0.3) is 0 Å². The summed E-state index contributed by atoms with van der Waals surface area (Å²) in [4.78, 5) is 26.5. The summed E-state index contributed by atoms with van der Waals surface area (Å²) in [6.07, 6.45) is 7.27. The normalized spacial score (nSPS) is 28.0. The second-order valence-corrected chi connectivity index (χ2v) is 12.3. The molecule has 2 aliphatic rings. The van der Waals surface area contributed by atoms with E-state index in [1.165, 1.54) is 19.3 Å². The molecule has 4 atom stereocenters. The maximum absolute atomic E-state index is 13.3. The monoisotopic (exact) mass is 471 g/mol. The molecule has 0 aromatic heterocycles. The minimum absolute atomic E-state index is 0.172. The molecule has 190 valence electrons. The van der Waals surface area contributed by atoms with Crippen molar-refractivity contribution in [3.63, 3.8) is 0 Å². The summed E-state index contributed by atoms with van der Waals surface area (Å²) in [5.41, 5.74) is 5.35. The summed E-state index contributed by atoms with van der Waals surface area (Å²) in [6.45, 7) is 13.0. The fourth-order valence-electron chi connectivity index (χ4n) is 6.07. The predicted molar refractivity (Wildman–Crippen MR) is 135 cm³/mol. The number of carbonyl (C=O) groups is 2. The molecular weight excluding hydrogens is 426 g/mol. The number of carbonyl (C=O) groups excluding carboxylic acids is 2. The summed E-state index contributed by atoms with van der Waals surface area (Å²) in [6, 6.07) is 9.39. The maximum atomic E-state index is 13.3. The van der Waals surface area contributed by atoms with Crippen LogP contribution >= 0.6 is 0 Å². The Labute approximate surface area is 206 Å². The Morgan fingerprint density at radius 2 is 1.68 bits per heavy atom. The fraction of sp³-hybridized carbons (Fsp3) is 0.724. The van der Waals surface area contributed by atoms with E-state index in [1.54, 1.807) is 0 Å². The van der Waals surface area contributed by atoms with Crippen molar-refractivity contribution in [3.05, 3.63) is 35.9 Å². The molecule has 0 radical (unpaired) electrons. The second kappa shape index (κ2) is 10.0. The predicted octanol–water partition coefficient (Wildman–Crippen LogP) is 6.04. The lowest BCUT2D eigenvalue weighted by Gasteiger charge is -2.43. The van der Waals surface area contributed by atoms with Crippen LogP contribution < -0.4 is 5.73 Å². The van der Waals surface area contributed by atoms with Crippen LogP contribution in [0.15, 0.2) is 30.3 Å². The van der Waals surface area contributed by atoms with E-state index in [0.717, 1.165) is 24.8 Å². The molecule has 5 heteroatoms. The van der Waals surface area contributed by atoms with Gasteiger partial charge in [-0.15, -0.1) is 0 Å². The third kappa shape index (κ3) is 5.19. The Kier molecular flexibility index (Phi) is 7.86. The molecule has 0 heterocycles. The number of hydrogen-bond acceptors (Lipinski definition) is 5. The molecular formula is C29H45NO4. The van der Waals surface area contributed by atoms with Crippen molar-refractivity contribution in [2.24, 2.45) is 33.3 Å². The van der Waals surface area contributed by atoms with Gasteiger partial charge in [0.2, 0.25) is 0 Å². The van der Waals surface area contributed by atoms with E-state index >= 15 is 0 Å². The van der Waals surface area contributed by atoms with E-state index < -0.39 is 10.8 Å². The van der Waals surface area contributed by atoms with Crippen molar-refractivity contribution >= 4 is 11.9 Å². The van der Waals surface area contributed by atoms with E-state index in [-0.39, 0.29) is 35.4 Å². The van der Waals surface area contributed by atoms with Gasteiger partial charge >= 0.3 is 11.9 Å². The van der Waals surface area contributed by atoms with E-state index in [0.29, 0.717) is 18.9 Å². The van der Waals surface area contributed by atoms with Crippen molar-refractivity contribution in [3.8, 4) is 0 Å². The molecule has 0 saturated heterocycles. The van der Waals surface area contributed by atoms with Gasteiger partial charge < -0.3 is 15.2 Å². The van der Waals surface area contributed by atoms with Gasteiger partial charge in [-0.25, -0.2) is 0 Å². The Morgan fingerprint density at radius 3 is 2.26 bits per heavy atom. The summed E-state index contributed by atoms with van der Waals surface area (Å²) in [5.74, 6) is 0.0831. The molecule has 2 N–H and O–H groups in total. The number of hydrogen-bond donors (Lipinski definition) is 1. The van der Waals surface area contributed by atoms with E-state index in [4.69, 9.17) is 15.2 Å². The first-order valence-corrected chi connectivity index (χ1v) is 13.0. The zero-order chi connectivity index (χ0) is 25.2. The van der Waals surface area contributed by atoms with Crippen LogP contribution in [-0.2, 0) is 25.7 Å². The van der Waals surface area contributed by atoms with Crippen LogP contribution in [0.1, 0.15) is 92.1 Å². The summed E-state index contributed by atoms with van der Waals surface area (Å²) < 4.78 is 11.6. The molecule has 0 aliphatic heterocycles. The second-order valence-electron chi connectivity index (χ2n) is 12.3. The van der Waals surface area contributed by atoms with Gasteiger partial charge in [-0.1, -0.05) is 70.4 Å². The smallest absolute Gasteiger partial charge is 0.313 e. The number of rotatable bonds is 10. The van der Waals surface area contributed by atoms with Crippen LogP contribution in [0.4, 0.5) is 0 Å². The van der Waals surface area contributed by atoms with E-state index in [9.17, 15) is 9.59 Å². The zero-order valence-electron chi connectivity index (χ0n) is 22.1.